The van der Waals surface area contributed by atoms with Gasteiger partial charge in [-0.2, -0.15) is 0 Å². The summed E-state index contributed by atoms with van der Waals surface area (Å²) in [5.74, 6) is 0. The number of hydrogen-bond donors (Lipinski definition) is 1. The fraction of sp³-hybridized carbons (Fsp3) is 0.0476. The van der Waals surface area contributed by atoms with Crippen LogP contribution in [0, 0.1) is 0 Å². The van der Waals surface area contributed by atoms with E-state index in [2.05, 4.69) is 16.0 Å². The highest BCUT2D eigenvalue weighted by atomic mass is 32.1. The zero-order chi connectivity index (χ0) is 17.8. The smallest absolute Gasteiger partial charge is 0.131 e. The van der Waals surface area contributed by atoms with Gasteiger partial charge in [0, 0.05) is 0 Å². The number of nitrogens with zero attached hydrogens (tertiary/aromatic N) is 2. The Kier molecular flexibility index (Phi) is 5.02. The maximum absolute atomic E-state index is 10.2. The molecule has 0 bridgehead atoms. The van der Waals surface area contributed by atoms with Gasteiger partial charge >= 0.3 is 0 Å². The number of para-hydroxylation sites is 2. The van der Waals surface area contributed by atoms with Crippen LogP contribution in [0.5, 0.6) is 0 Å². The highest BCUT2D eigenvalue weighted by Gasteiger charge is 2.14. The van der Waals surface area contributed by atoms with Crippen molar-refractivity contribution in [3.8, 4) is 0 Å². The standard InChI is InChI=1S/C14H11NOS.C7H5NS/c16-13(10-6-2-1-3-7-10)14-15-11-8-4-5-9-12(11)17-14;1-2-4-7-6(3-1)8-5-9-7/h1-9,13,16H;1-5H. The van der Waals surface area contributed by atoms with Crippen molar-refractivity contribution in [2.45, 2.75) is 6.10 Å². The Morgan fingerprint density at radius 1 is 0.731 bits per heavy atom. The summed E-state index contributed by atoms with van der Waals surface area (Å²) in [5, 5.41) is 11.0. The molecule has 5 rings (SSSR count). The number of hydrogen-bond acceptors (Lipinski definition) is 5. The lowest BCUT2D eigenvalue weighted by molar-refractivity contribution is 0.220. The van der Waals surface area contributed by atoms with E-state index in [-0.39, 0.29) is 0 Å². The summed E-state index contributed by atoms with van der Waals surface area (Å²) in [5.41, 5.74) is 4.79. The van der Waals surface area contributed by atoms with E-state index in [4.69, 9.17) is 0 Å². The largest absolute Gasteiger partial charge is 0.381 e. The zero-order valence-corrected chi connectivity index (χ0v) is 15.5. The molecular formula is C21H16N2OS2. The second kappa shape index (κ2) is 7.74. The number of aromatic nitrogens is 2. The summed E-state index contributed by atoms with van der Waals surface area (Å²) in [7, 11) is 0. The number of thiazole rings is 2. The van der Waals surface area contributed by atoms with Crippen molar-refractivity contribution < 1.29 is 5.11 Å². The molecule has 0 aliphatic rings. The first-order valence-corrected chi connectivity index (χ1v) is 9.87. The average Bonchev–Trinajstić information content (AvgIpc) is 3.35. The Hall–Kier alpha value is -2.60. The third-order valence-electron chi connectivity index (χ3n) is 3.90. The molecule has 0 saturated carbocycles. The molecule has 0 saturated heterocycles. The fourth-order valence-electron chi connectivity index (χ4n) is 2.59. The van der Waals surface area contributed by atoms with Gasteiger partial charge in [0.2, 0.25) is 0 Å². The van der Waals surface area contributed by atoms with Crippen LogP contribution in [0.15, 0.2) is 84.4 Å². The number of benzene rings is 3. The fourth-order valence-corrected chi connectivity index (χ4v) is 4.25. The molecule has 2 heterocycles. The predicted molar refractivity (Wildman–Crippen MR) is 110 cm³/mol. The van der Waals surface area contributed by atoms with Crippen LogP contribution in [0.4, 0.5) is 0 Å². The molecule has 0 fully saturated rings. The van der Waals surface area contributed by atoms with Gasteiger partial charge in [-0.15, -0.1) is 22.7 Å². The maximum atomic E-state index is 10.2. The summed E-state index contributed by atoms with van der Waals surface area (Å²) in [6.45, 7) is 0. The van der Waals surface area contributed by atoms with E-state index in [1.807, 2.05) is 78.3 Å². The number of fused-ring (bicyclic) bond motifs is 2. The van der Waals surface area contributed by atoms with E-state index in [1.165, 1.54) is 16.0 Å². The van der Waals surface area contributed by atoms with Gasteiger partial charge in [0.05, 0.1) is 25.9 Å². The molecule has 3 aromatic carbocycles. The minimum absolute atomic E-state index is 0.631. The first-order chi connectivity index (χ1) is 12.8. The van der Waals surface area contributed by atoms with Crippen LogP contribution in [0.25, 0.3) is 20.4 Å². The summed E-state index contributed by atoms with van der Waals surface area (Å²) in [6, 6.07) is 25.7. The predicted octanol–water partition coefficient (Wildman–Crippen LogP) is 5.67. The molecule has 3 nitrogen and oxygen atoms in total. The highest BCUT2D eigenvalue weighted by Crippen LogP contribution is 2.29. The van der Waals surface area contributed by atoms with Crippen molar-refractivity contribution in [1.82, 2.24) is 9.97 Å². The molecule has 2 aromatic heterocycles. The molecule has 5 aromatic rings. The van der Waals surface area contributed by atoms with Crippen molar-refractivity contribution in [1.29, 1.82) is 0 Å². The van der Waals surface area contributed by atoms with Gasteiger partial charge in [-0.3, -0.25) is 0 Å². The summed E-state index contributed by atoms with van der Waals surface area (Å²) >= 11 is 3.22. The molecule has 1 N–H and O–H groups in total. The Balaban J connectivity index is 0.000000157. The first kappa shape index (κ1) is 16.8. The van der Waals surface area contributed by atoms with Crippen molar-refractivity contribution >= 4 is 43.1 Å². The Labute approximate surface area is 159 Å². The highest BCUT2D eigenvalue weighted by molar-refractivity contribution is 7.18. The molecule has 26 heavy (non-hydrogen) atoms. The van der Waals surface area contributed by atoms with Gasteiger partial charge < -0.3 is 5.11 Å². The SMILES string of the molecule is OC(c1ccccc1)c1nc2ccccc2s1.c1ccc2scnc2c1. The Morgan fingerprint density at radius 3 is 2.12 bits per heavy atom. The van der Waals surface area contributed by atoms with Crippen molar-refractivity contribution in [2.75, 3.05) is 0 Å². The lowest BCUT2D eigenvalue weighted by atomic mass is 10.1. The molecule has 5 heteroatoms. The minimum atomic E-state index is -0.631. The van der Waals surface area contributed by atoms with Crippen LogP contribution in [0.1, 0.15) is 16.7 Å². The zero-order valence-electron chi connectivity index (χ0n) is 13.8. The Bertz CT molecular complexity index is 1060. The van der Waals surface area contributed by atoms with E-state index in [0.717, 1.165) is 26.3 Å². The number of rotatable bonds is 2. The third kappa shape index (κ3) is 3.65. The van der Waals surface area contributed by atoms with E-state index < -0.39 is 6.10 Å². The molecule has 0 spiro atoms. The minimum Gasteiger partial charge on any atom is -0.381 e. The second-order valence-electron chi connectivity index (χ2n) is 5.65. The van der Waals surface area contributed by atoms with Crippen molar-refractivity contribution in [3.63, 3.8) is 0 Å². The van der Waals surface area contributed by atoms with Gasteiger partial charge in [-0.1, -0.05) is 54.6 Å². The van der Waals surface area contributed by atoms with Crippen LogP contribution in [0.2, 0.25) is 0 Å². The molecule has 0 amide bonds. The van der Waals surface area contributed by atoms with Crippen LogP contribution < -0.4 is 0 Å². The molecule has 0 radical (unpaired) electrons. The summed E-state index contributed by atoms with van der Waals surface area (Å²) in [4.78, 5) is 8.59. The van der Waals surface area contributed by atoms with Crippen molar-refractivity contribution in [3.05, 3.63) is 94.9 Å². The van der Waals surface area contributed by atoms with E-state index >= 15 is 0 Å². The van der Waals surface area contributed by atoms with Gasteiger partial charge in [-0.25, -0.2) is 9.97 Å². The first-order valence-electron chi connectivity index (χ1n) is 8.18. The van der Waals surface area contributed by atoms with Crippen LogP contribution in [-0.4, -0.2) is 15.1 Å². The van der Waals surface area contributed by atoms with E-state index in [1.54, 1.807) is 11.3 Å². The number of aliphatic hydroxyl groups is 1. The summed E-state index contributed by atoms with van der Waals surface area (Å²) in [6.07, 6.45) is -0.631. The lowest BCUT2D eigenvalue weighted by Crippen LogP contribution is -1.97. The quantitative estimate of drug-likeness (QED) is 0.431. The Morgan fingerprint density at radius 2 is 1.38 bits per heavy atom. The lowest BCUT2D eigenvalue weighted by Gasteiger charge is -2.06. The monoisotopic (exact) mass is 376 g/mol. The van der Waals surface area contributed by atoms with Gasteiger partial charge in [0.1, 0.15) is 11.1 Å². The van der Waals surface area contributed by atoms with Crippen LogP contribution in [0.3, 0.4) is 0 Å². The molecule has 0 aliphatic heterocycles. The molecular weight excluding hydrogens is 360 g/mol. The molecule has 1 atom stereocenters. The van der Waals surface area contributed by atoms with Crippen LogP contribution >= 0.6 is 22.7 Å². The molecule has 1 unspecified atom stereocenters. The van der Waals surface area contributed by atoms with Crippen molar-refractivity contribution in [2.24, 2.45) is 0 Å². The van der Waals surface area contributed by atoms with Crippen LogP contribution in [-0.2, 0) is 0 Å². The number of aliphatic hydroxyl groups excluding tert-OH is 1. The third-order valence-corrected chi connectivity index (χ3v) is 5.80. The van der Waals surface area contributed by atoms with E-state index in [0.29, 0.717) is 0 Å². The normalized spacial score (nSPS) is 11.9. The van der Waals surface area contributed by atoms with E-state index in [9.17, 15) is 5.11 Å². The second-order valence-corrected chi connectivity index (χ2v) is 7.60. The van der Waals surface area contributed by atoms with Gasteiger partial charge in [0.25, 0.3) is 0 Å². The van der Waals surface area contributed by atoms with Gasteiger partial charge in [0.15, 0.2) is 0 Å². The molecule has 128 valence electrons. The average molecular weight is 377 g/mol. The molecule has 0 aliphatic carbocycles. The maximum Gasteiger partial charge on any atom is 0.131 e. The van der Waals surface area contributed by atoms with Gasteiger partial charge in [-0.05, 0) is 29.8 Å². The topological polar surface area (TPSA) is 46.0 Å². The summed E-state index contributed by atoms with van der Waals surface area (Å²) < 4.78 is 2.37.